The molecule has 1 atom stereocenters. The van der Waals surface area contributed by atoms with E-state index in [1.165, 1.54) is 7.11 Å². The van der Waals surface area contributed by atoms with Crippen LogP contribution in [0.3, 0.4) is 0 Å². The molecule has 1 N–H and O–H groups in total. The van der Waals surface area contributed by atoms with E-state index in [-0.39, 0.29) is 25.2 Å². The van der Waals surface area contributed by atoms with Crippen LogP contribution in [0.5, 0.6) is 0 Å². The molecule has 0 aliphatic rings. The Kier molecular flexibility index (Phi) is 5.92. The van der Waals surface area contributed by atoms with E-state index in [2.05, 4.69) is 10.1 Å². The maximum absolute atomic E-state index is 12.1. The Morgan fingerprint density at radius 2 is 1.79 bits per heavy atom. The molecule has 0 spiro atoms. The van der Waals surface area contributed by atoms with Crippen molar-refractivity contribution in [3.05, 3.63) is 19.3 Å². The van der Waals surface area contributed by atoms with Crippen LogP contribution in [-0.2, 0) is 9.53 Å². The number of amides is 1. The van der Waals surface area contributed by atoms with Crippen molar-refractivity contribution in [1.82, 2.24) is 5.32 Å². The first-order valence-corrected chi connectivity index (χ1v) is 7.26. The quantitative estimate of drug-likeness (QED) is 0.849. The monoisotopic (exact) mass is 343 g/mol. The summed E-state index contributed by atoms with van der Waals surface area (Å²) in [5.74, 6) is -1.15. The highest BCUT2D eigenvalue weighted by Gasteiger charge is 2.28. The highest BCUT2D eigenvalue weighted by atomic mass is 35.5. The molecule has 0 saturated heterocycles. The van der Waals surface area contributed by atoms with E-state index in [9.17, 15) is 9.59 Å². The van der Waals surface area contributed by atoms with E-state index in [0.29, 0.717) is 0 Å². The summed E-state index contributed by atoms with van der Waals surface area (Å²) in [6, 6.07) is -0.756. The molecule has 0 bridgehead atoms. The van der Waals surface area contributed by atoms with Crippen LogP contribution >= 0.6 is 46.1 Å². The lowest BCUT2D eigenvalue weighted by molar-refractivity contribution is -0.144. The fourth-order valence-electron chi connectivity index (χ4n) is 1.34. The van der Waals surface area contributed by atoms with E-state index < -0.39 is 17.9 Å². The molecule has 1 aromatic rings. The summed E-state index contributed by atoms with van der Waals surface area (Å²) >= 11 is 18.5. The molecule has 0 aromatic carbocycles. The third kappa shape index (κ3) is 3.75. The molecule has 0 aliphatic carbocycles. The molecule has 1 amide bonds. The van der Waals surface area contributed by atoms with Crippen molar-refractivity contribution in [3.8, 4) is 0 Å². The second-order valence-corrected chi connectivity index (χ2v) is 6.43. The van der Waals surface area contributed by atoms with E-state index in [1.54, 1.807) is 13.8 Å². The number of halogens is 3. The van der Waals surface area contributed by atoms with Gasteiger partial charge in [0.25, 0.3) is 5.91 Å². The van der Waals surface area contributed by atoms with E-state index in [0.717, 1.165) is 11.3 Å². The maximum Gasteiger partial charge on any atom is 0.328 e. The predicted octanol–water partition coefficient (Wildman–Crippen LogP) is 3.64. The summed E-state index contributed by atoms with van der Waals surface area (Å²) in [6.07, 6.45) is 0. The van der Waals surface area contributed by atoms with Gasteiger partial charge in [0.05, 0.1) is 17.2 Å². The predicted molar refractivity (Wildman–Crippen MR) is 77.5 cm³/mol. The van der Waals surface area contributed by atoms with Gasteiger partial charge < -0.3 is 10.1 Å². The van der Waals surface area contributed by atoms with Crippen molar-refractivity contribution >= 4 is 58.0 Å². The van der Waals surface area contributed by atoms with Gasteiger partial charge in [0.2, 0.25) is 0 Å². The lowest BCUT2D eigenvalue weighted by atomic mass is 10.0. The standard InChI is InChI=1S/C11H12Cl3NO3S/c1-4(2)7(11(17)18-3)15-10(16)8-5(12)6(13)9(14)19-8/h4,7H,1-3H3,(H,15,16). The Bertz CT molecular complexity index is 502. The number of rotatable bonds is 4. The fourth-order valence-corrected chi connectivity index (χ4v) is 3.05. The number of nitrogens with one attached hydrogen (secondary N) is 1. The maximum atomic E-state index is 12.1. The first-order chi connectivity index (χ1) is 8.79. The summed E-state index contributed by atoms with van der Waals surface area (Å²) < 4.78 is 4.87. The average Bonchev–Trinajstić information content (AvgIpc) is 2.62. The first kappa shape index (κ1) is 16.6. The van der Waals surface area contributed by atoms with Gasteiger partial charge >= 0.3 is 5.97 Å². The molecular formula is C11H12Cl3NO3S. The van der Waals surface area contributed by atoms with Gasteiger partial charge in [-0.15, -0.1) is 11.3 Å². The normalized spacial score (nSPS) is 12.4. The van der Waals surface area contributed by atoms with Crippen LogP contribution in [-0.4, -0.2) is 25.0 Å². The van der Waals surface area contributed by atoms with Crippen molar-refractivity contribution < 1.29 is 14.3 Å². The Morgan fingerprint density at radius 1 is 1.21 bits per heavy atom. The van der Waals surface area contributed by atoms with Crippen LogP contribution in [0.1, 0.15) is 23.5 Å². The number of carbonyl (C=O) groups is 2. The second kappa shape index (κ2) is 6.79. The highest BCUT2D eigenvalue weighted by molar-refractivity contribution is 7.19. The molecule has 1 rings (SSSR count). The van der Waals surface area contributed by atoms with Crippen LogP contribution in [0, 0.1) is 5.92 Å². The van der Waals surface area contributed by atoms with E-state index in [1.807, 2.05) is 0 Å². The SMILES string of the molecule is COC(=O)C(NC(=O)c1sc(Cl)c(Cl)c1Cl)C(C)C. The number of carbonyl (C=O) groups excluding carboxylic acids is 2. The molecule has 4 nitrogen and oxygen atoms in total. The van der Waals surface area contributed by atoms with Crippen LogP contribution in [0.25, 0.3) is 0 Å². The topological polar surface area (TPSA) is 55.4 Å². The number of esters is 1. The minimum atomic E-state index is -0.756. The minimum Gasteiger partial charge on any atom is -0.467 e. The molecular weight excluding hydrogens is 333 g/mol. The molecule has 0 aliphatic heterocycles. The Morgan fingerprint density at radius 3 is 2.16 bits per heavy atom. The molecule has 106 valence electrons. The van der Waals surface area contributed by atoms with Gasteiger partial charge in [-0.25, -0.2) is 4.79 Å². The average molecular weight is 345 g/mol. The minimum absolute atomic E-state index is 0.0848. The van der Waals surface area contributed by atoms with Crippen molar-refractivity contribution in [2.24, 2.45) is 5.92 Å². The zero-order valence-electron chi connectivity index (χ0n) is 10.4. The van der Waals surface area contributed by atoms with E-state index in [4.69, 9.17) is 34.8 Å². The summed E-state index contributed by atoms with van der Waals surface area (Å²) in [7, 11) is 1.26. The van der Waals surface area contributed by atoms with Crippen molar-refractivity contribution in [2.45, 2.75) is 19.9 Å². The van der Waals surface area contributed by atoms with Gasteiger partial charge in [-0.2, -0.15) is 0 Å². The lowest BCUT2D eigenvalue weighted by Crippen LogP contribution is -2.44. The number of hydrogen-bond acceptors (Lipinski definition) is 4. The third-order valence-corrected chi connectivity index (χ3v) is 4.94. The smallest absolute Gasteiger partial charge is 0.328 e. The van der Waals surface area contributed by atoms with Crippen molar-refractivity contribution in [3.63, 3.8) is 0 Å². The van der Waals surface area contributed by atoms with Gasteiger partial charge in [0.1, 0.15) is 15.3 Å². The van der Waals surface area contributed by atoms with Gasteiger partial charge in [-0.05, 0) is 5.92 Å². The Hall–Kier alpha value is -0.490. The summed E-state index contributed by atoms with van der Waals surface area (Å²) in [4.78, 5) is 23.8. The van der Waals surface area contributed by atoms with Gasteiger partial charge in [-0.3, -0.25) is 4.79 Å². The molecule has 1 heterocycles. The second-order valence-electron chi connectivity index (χ2n) is 4.05. The van der Waals surface area contributed by atoms with Crippen LogP contribution in [0.2, 0.25) is 14.4 Å². The lowest BCUT2D eigenvalue weighted by Gasteiger charge is -2.19. The zero-order valence-corrected chi connectivity index (χ0v) is 13.5. The summed E-state index contributed by atoms with van der Waals surface area (Å²) in [6.45, 7) is 3.58. The summed E-state index contributed by atoms with van der Waals surface area (Å²) in [5.41, 5.74) is 0. The van der Waals surface area contributed by atoms with Gasteiger partial charge in [-0.1, -0.05) is 48.7 Å². The first-order valence-electron chi connectivity index (χ1n) is 5.31. The molecule has 19 heavy (non-hydrogen) atoms. The molecule has 1 unspecified atom stereocenters. The molecule has 0 saturated carbocycles. The fraction of sp³-hybridized carbons (Fsp3) is 0.455. The van der Waals surface area contributed by atoms with Crippen LogP contribution < -0.4 is 5.32 Å². The third-order valence-electron chi connectivity index (χ3n) is 2.37. The molecule has 1 aromatic heterocycles. The molecule has 0 fully saturated rings. The van der Waals surface area contributed by atoms with Gasteiger partial charge in [0.15, 0.2) is 0 Å². The molecule has 8 heteroatoms. The number of thiophene rings is 1. The highest BCUT2D eigenvalue weighted by Crippen LogP contribution is 2.40. The number of hydrogen-bond donors (Lipinski definition) is 1. The van der Waals surface area contributed by atoms with E-state index >= 15 is 0 Å². The van der Waals surface area contributed by atoms with Gasteiger partial charge in [0, 0.05) is 0 Å². The van der Waals surface area contributed by atoms with Crippen molar-refractivity contribution in [1.29, 1.82) is 0 Å². The zero-order chi connectivity index (χ0) is 14.7. The van der Waals surface area contributed by atoms with Crippen molar-refractivity contribution in [2.75, 3.05) is 7.11 Å². The molecule has 0 radical (unpaired) electrons. The largest absolute Gasteiger partial charge is 0.467 e. The van der Waals surface area contributed by atoms with Crippen LogP contribution in [0.15, 0.2) is 0 Å². The Labute approximate surface area is 130 Å². The Balaban J connectivity index is 2.94. The number of methoxy groups -OCH3 is 1. The van der Waals surface area contributed by atoms with Crippen LogP contribution in [0.4, 0.5) is 0 Å². The number of ether oxygens (including phenoxy) is 1. The summed E-state index contributed by atoms with van der Waals surface area (Å²) in [5, 5.41) is 2.78.